The highest BCUT2D eigenvalue weighted by Crippen LogP contribution is 2.23. The van der Waals surface area contributed by atoms with E-state index in [9.17, 15) is 4.79 Å². The average Bonchev–Trinajstić information content (AvgIpc) is 2.86. The second-order valence-corrected chi connectivity index (χ2v) is 5.60. The van der Waals surface area contributed by atoms with E-state index < -0.39 is 0 Å². The number of methoxy groups -OCH3 is 1. The monoisotopic (exact) mass is 280 g/mol. The summed E-state index contributed by atoms with van der Waals surface area (Å²) in [5.41, 5.74) is 5.64. The molecule has 1 unspecified atom stereocenters. The van der Waals surface area contributed by atoms with Crippen molar-refractivity contribution >= 4 is 11.7 Å². The largest absolute Gasteiger partial charge is 0.384 e. The van der Waals surface area contributed by atoms with E-state index >= 15 is 0 Å². The van der Waals surface area contributed by atoms with Crippen LogP contribution in [0.15, 0.2) is 12.3 Å². The second-order valence-electron chi connectivity index (χ2n) is 5.60. The van der Waals surface area contributed by atoms with Crippen LogP contribution in [0.5, 0.6) is 0 Å². The number of aromatic nitrogens is 2. The molecule has 0 spiro atoms. The van der Waals surface area contributed by atoms with Crippen LogP contribution in [0.3, 0.4) is 0 Å². The van der Waals surface area contributed by atoms with Crippen LogP contribution < -0.4 is 5.73 Å². The molecule has 1 aromatic heterocycles. The molecule has 0 aliphatic carbocycles. The highest BCUT2D eigenvalue weighted by atomic mass is 16.5. The van der Waals surface area contributed by atoms with Gasteiger partial charge in [-0.3, -0.25) is 9.48 Å². The predicted molar refractivity (Wildman–Crippen MR) is 77.1 cm³/mol. The van der Waals surface area contributed by atoms with Crippen molar-refractivity contribution in [3.05, 3.63) is 12.3 Å². The standard InChI is InChI=1S/C14H24N4O2/c1-11(10-20-2)9-14(19)17-6-3-12(4-7-17)18-8-5-13(15)16-18/h5,8,11-12H,3-4,6-7,9-10H2,1-2H3,(H2,15,16). The van der Waals surface area contributed by atoms with Gasteiger partial charge in [-0.2, -0.15) is 5.10 Å². The van der Waals surface area contributed by atoms with Gasteiger partial charge >= 0.3 is 0 Å². The Balaban J connectivity index is 1.80. The van der Waals surface area contributed by atoms with Crippen molar-refractivity contribution in [1.29, 1.82) is 0 Å². The summed E-state index contributed by atoms with van der Waals surface area (Å²) >= 11 is 0. The Labute approximate surface area is 119 Å². The van der Waals surface area contributed by atoms with Gasteiger partial charge in [0.25, 0.3) is 0 Å². The van der Waals surface area contributed by atoms with Gasteiger partial charge < -0.3 is 15.4 Å². The molecular weight excluding hydrogens is 256 g/mol. The molecule has 6 heteroatoms. The smallest absolute Gasteiger partial charge is 0.222 e. The predicted octanol–water partition coefficient (Wildman–Crippen LogP) is 1.30. The lowest BCUT2D eigenvalue weighted by Gasteiger charge is -2.32. The van der Waals surface area contributed by atoms with E-state index in [-0.39, 0.29) is 11.8 Å². The number of ether oxygens (including phenoxy) is 1. The lowest BCUT2D eigenvalue weighted by Crippen LogP contribution is -2.40. The Kier molecular flexibility index (Phi) is 5.00. The summed E-state index contributed by atoms with van der Waals surface area (Å²) in [4.78, 5) is 14.1. The van der Waals surface area contributed by atoms with Gasteiger partial charge in [0.1, 0.15) is 5.82 Å². The summed E-state index contributed by atoms with van der Waals surface area (Å²) in [5, 5.41) is 4.25. The molecule has 0 saturated carbocycles. The van der Waals surface area contributed by atoms with Crippen LogP contribution in [-0.4, -0.2) is 47.4 Å². The van der Waals surface area contributed by atoms with E-state index in [1.54, 1.807) is 7.11 Å². The zero-order valence-corrected chi connectivity index (χ0v) is 12.3. The molecule has 112 valence electrons. The molecular formula is C14H24N4O2. The number of amides is 1. The zero-order valence-electron chi connectivity index (χ0n) is 12.3. The van der Waals surface area contributed by atoms with Crippen molar-refractivity contribution in [3.63, 3.8) is 0 Å². The van der Waals surface area contributed by atoms with Crippen molar-refractivity contribution in [1.82, 2.24) is 14.7 Å². The van der Waals surface area contributed by atoms with Crippen molar-refractivity contribution in [3.8, 4) is 0 Å². The number of piperidine rings is 1. The molecule has 2 rings (SSSR count). The van der Waals surface area contributed by atoms with Gasteiger partial charge in [-0.15, -0.1) is 0 Å². The summed E-state index contributed by atoms with van der Waals surface area (Å²) in [7, 11) is 1.67. The number of hydrogen-bond donors (Lipinski definition) is 1. The van der Waals surface area contributed by atoms with Gasteiger partial charge in [0, 0.05) is 39.4 Å². The molecule has 0 aromatic carbocycles. The minimum absolute atomic E-state index is 0.230. The van der Waals surface area contributed by atoms with E-state index in [2.05, 4.69) is 5.10 Å². The number of nitrogens with zero attached hydrogens (tertiary/aromatic N) is 3. The molecule has 1 aliphatic heterocycles. The summed E-state index contributed by atoms with van der Waals surface area (Å²) in [6.07, 6.45) is 4.35. The van der Waals surface area contributed by atoms with E-state index in [1.165, 1.54) is 0 Å². The number of hydrogen-bond acceptors (Lipinski definition) is 4. The van der Waals surface area contributed by atoms with E-state index in [4.69, 9.17) is 10.5 Å². The molecule has 2 heterocycles. The number of likely N-dealkylation sites (tertiary alicyclic amines) is 1. The molecule has 1 aliphatic rings. The summed E-state index contributed by atoms with van der Waals surface area (Å²) in [6.45, 7) is 4.27. The fraction of sp³-hybridized carbons (Fsp3) is 0.714. The van der Waals surface area contributed by atoms with Crippen molar-refractivity contribution < 1.29 is 9.53 Å². The first-order valence-corrected chi connectivity index (χ1v) is 7.17. The van der Waals surface area contributed by atoms with Gasteiger partial charge in [0.2, 0.25) is 5.91 Å². The molecule has 1 atom stereocenters. The van der Waals surface area contributed by atoms with Crippen LogP contribution in [0.2, 0.25) is 0 Å². The minimum Gasteiger partial charge on any atom is -0.384 e. The lowest BCUT2D eigenvalue weighted by atomic mass is 10.0. The summed E-state index contributed by atoms with van der Waals surface area (Å²) in [5.74, 6) is 1.06. The molecule has 6 nitrogen and oxygen atoms in total. The second kappa shape index (κ2) is 6.74. The maximum Gasteiger partial charge on any atom is 0.222 e. The number of carbonyl (C=O) groups is 1. The van der Waals surface area contributed by atoms with Gasteiger partial charge in [0.05, 0.1) is 6.04 Å². The lowest BCUT2D eigenvalue weighted by molar-refractivity contribution is -0.133. The van der Waals surface area contributed by atoms with Gasteiger partial charge in [-0.1, -0.05) is 6.92 Å². The first kappa shape index (κ1) is 14.8. The van der Waals surface area contributed by atoms with Crippen LogP contribution in [-0.2, 0) is 9.53 Å². The quantitative estimate of drug-likeness (QED) is 0.882. The van der Waals surface area contributed by atoms with Crippen LogP contribution in [0.4, 0.5) is 5.82 Å². The first-order chi connectivity index (χ1) is 9.60. The topological polar surface area (TPSA) is 73.4 Å². The molecule has 0 radical (unpaired) electrons. The third kappa shape index (κ3) is 3.72. The number of nitrogen functional groups attached to an aromatic ring is 1. The fourth-order valence-electron chi connectivity index (χ4n) is 2.71. The normalized spacial score (nSPS) is 18.2. The van der Waals surface area contributed by atoms with E-state index in [1.807, 2.05) is 28.8 Å². The Hall–Kier alpha value is -1.56. The molecule has 1 fully saturated rings. The van der Waals surface area contributed by atoms with Crippen molar-refractivity contribution in [2.45, 2.75) is 32.2 Å². The van der Waals surface area contributed by atoms with E-state index in [0.717, 1.165) is 25.9 Å². The van der Waals surface area contributed by atoms with Gasteiger partial charge in [-0.25, -0.2) is 0 Å². The Morgan fingerprint density at radius 2 is 2.25 bits per heavy atom. The number of anilines is 1. The highest BCUT2D eigenvalue weighted by molar-refractivity contribution is 5.76. The Morgan fingerprint density at radius 1 is 1.55 bits per heavy atom. The molecule has 1 saturated heterocycles. The fourth-order valence-corrected chi connectivity index (χ4v) is 2.71. The molecule has 20 heavy (non-hydrogen) atoms. The van der Waals surface area contributed by atoms with Crippen LogP contribution >= 0.6 is 0 Å². The Bertz CT molecular complexity index is 438. The average molecular weight is 280 g/mol. The van der Waals surface area contributed by atoms with Crippen LogP contribution in [0.1, 0.15) is 32.2 Å². The number of nitrogens with two attached hydrogens (primary N) is 1. The van der Waals surface area contributed by atoms with Crippen LogP contribution in [0.25, 0.3) is 0 Å². The third-order valence-electron chi connectivity index (χ3n) is 3.79. The Morgan fingerprint density at radius 3 is 2.80 bits per heavy atom. The molecule has 2 N–H and O–H groups in total. The first-order valence-electron chi connectivity index (χ1n) is 7.17. The van der Waals surface area contributed by atoms with Crippen LogP contribution in [0, 0.1) is 5.92 Å². The third-order valence-corrected chi connectivity index (χ3v) is 3.79. The summed E-state index contributed by atoms with van der Waals surface area (Å²) in [6, 6.07) is 2.16. The maximum atomic E-state index is 12.2. The van der Waals surface area contributed by atoms with Gasteiger partial charge in [0.15, 0.2) is 0 Å². The summed E-state index contributed by atoms with van der Waals surface area (Å²) < 4.78 is 7.00. The SMILES string of the molecule is COCC(C)CC(=O)N1CCC(n2ccc(N)n2)CC1. The molecule has 1 amide bonds. The van der Waals surface area contributed by atoms with Crippen molar-refractivity contribution in [2.24, 2.45) is 5.92 Å². The maximum absolute atomic E-state index is 12.2. The van der Waals surface area contributed by atoms with E-state index in [0.29, 0.717) is 24.9 Å². The molecule has 1 aromatic rings. The number of carbonyl (C=O) groups excluding carboxylic acids is 1. The minimum atomic E-state index is 0.230. The van der Waals surface area contributed by atoms with Crippen molar-refractivity contribution in [2.75, 3.05) is 32.5 Å². The number of rotatable bonds is 5. The zero-order chi connectivity index (χ0) is 14.5. The van der Waals surface area contributed by atoms with Gasteiger partial charge in [-0.05, 0) is 24.8 Å². The molecule has 0 bridgehead atoms. The highest BCUT2D eigenvalue weighted by Gasteiger charge is 2.24.